The number of amides is 1. The predicted octanol–water partition coefficient (Wildman–Crippen LogP) is 1.81. The number of rotatable bonds is 2. The average molecular weight is 283 g/mol. The number of benzene rings is 1. The van der Waals surface area contributed by atoms with E-state index in [1.807, 2.05) is 0 Å². The van der Waals surface area contributed by atoms with Gasteiger partial charge in [-0.2, -0.15) is 0 Å². The molecule has 1 aromatic heterocycles. The number of pyridine rings is 1. The van der Waals surface area contributed by atoms with Crippen molar-refractivity contribution in [1.82, 2.24) is 4.98 Å². The number of anilines is 1. The van der Waals surface area contributed by atoms with Crippen molar-refractivity contribution in [1.29, 1.82) is 0 Å². The lowest BCUT2D eigenvalue weighted by Gasteiger charge is -2.16. The summed E-state index contributed by atoms with van der Waals surface area (Å²) in [7, 11) is 1.61. The maximum absolute atomic E-state index is 12.9. The van der Waals surface area contributed by atoms with Gasteiger partial charge in [0.2, 0.25) is 0 Å². The molecular weight excluding hydrogens is 269 g/mol. The molecule has 0 atom stereocenters. The molecule has 0 unspecified atom stereocenters. The first-order chi connectivity index (χ1) is 10.1. The molecule has 2 rings (SSSR count). The summed E-state index contributed by atoms with van der Waals surface area (Å²) in [6, 6.07) is 8.99. The number of halogens is 1. The molecule has 106 valence electrons. The van der Waals surface area contributed by atoms with E-state index in [1.54, 1.807) is 19.2 Å². The van der Waals surface area contributed by atoms with Crippen LogP contribution in [-0.2, 0) is 0 Å². The number of aromatic nitrogens is 1. The first kappa shape index (κ1) is 14.7. The first-order valence-electron chi connectivity index (χ1n) is 6.30. The lowest BCUT2D eigenvalue weighted by Crippen LogP contribution is -2.27. The highest BCUT2D eigenvalue weighted by molar-refractivity contribution is 6.04. The fourth-order valence-corrected chi connectivity index (χ4v) is 1.70. The molecule has 0 radical (unpaired) electrons. The highest BCUT2D eigenvalue weighted by Gasteiger charge is 2.14. The Labute approximate surface area is 122 Å². The van der Waals surface area contributed by atoms with Gasteiger partial charge in [0.05, 0.1) is 6.54 Å². The van der Waals surface area contributed by atoms with E-state index in [9.17, 15) is 9.18 Å². The highest BCUT2D eigenvalue weighted by atomic mass is 19.1. The molecule has 0 saturated heterocycles. The van der Waals surface area contributed by atoms with Crippen molar-refractivity contribution in [2.75, 3.05) is 18.5 Å². The van der Waals surface area contributed by atoms with E-state index < -0.39 is 0 Å². The molecule has 2 N–H and O–H groups in total. The summed E-state index contributed by atoms with van der Waals surface area (Å²) >= 11 is 0. The van der Waals surface area contributed by atoms with Gasteiger partial charge in [0.1, 0.15) is 11.5 Å². The molecule has 0 spiro atoms. The third kappa shape index (κ3) is 3.65. The van der Waals surface area contributed by atoms with Crippen LogP contribution in [0.15, 0.2) is 42.6 Å². The standard InChI is InChI=1S/C16H14FN3O/c1-20(14-7-5-13(17)6-8-14)16(21)15-9-4-12(11-19-15)3-2-10-18/h4-9,11H,10,18H2,1H3. The summed E-state index contributed by atoms with van der Waals surface area (Å²) < 4.78 is 12.9. The molecular formula is C16H14FN3O. The maximum atomic E-state index is 12.9. The summed E-state index contributed by atoms with van der Waals surface area (Å²) in [5.41, 5.74) is 6.87. The minimum absolute atomic E-state index is 0.272. The molecule has 1 amide bonds. The van der Waals surface area contributed by atoms with Crippen LogP contribution in [0.5, 0.6) is 0 Å². The molecule has 0 fully saturated rings. The monoisotopic (exact) mass is 283 g/mol. The summed E-state index contributed by atoms with van der Waals surface area (Å²) in [6.45, 7) is 0.272. The molecule has 0 bridgehead atoms. The summed E-state index contributed by atoms with van der Waals surface area (Å²) in [5, 5.41) is 0. The van der Waals surface area contributed by atoms with Crippen molar-refractivity contribution < 1.29 is 9.18 Å². The summed E-state index contributed by atoms with van der Waals surface area (Å²) in [4.78, 5) is 17.8. The molecule has 5 heteroatoms. The zero-order valence-electron chi connectivity index (χ0n) is 11.5. The highest BCUT2D eigenvalue weighted by Crippen LogP contribution is 2.15. The second kappa shape index (κ2) is 6.64. The molecule has 4 nitrogen and oxygen atoms in total. The third-order valence-corrected chi connectivity index (χ3v) is 2.84. The van der Waals surface area contributed by atoms with Gasteiger partial charge in [-0.15, -0.1) is 0 Å². The average Bonchev–Trinajstić information content (AvgIpc) is 2.53. The molecule has 0 aliphatic heterocycles. The van der Waals surface area contributed by atoms with Gasteiger partial charge < -0.3 is 10.6 Å². The van der Waals surface area contributed by atoms with Gasteiger partial charge in [0.25, 0.3) is 5.91 Å². The van der Waals surface area contributed by atoms with Crippen molar-refractivity contribution in [2.45, 2.75) is 0 Å². The van der Waals surface area contributed by atoms with Crippen LogP contribution in [0.4, 0.5) is 10.1 Å². The van der Waals surface area contributed by atoms with Crippen LogP contribution in [-0.4, -0.2) is 24.5 Å². The molecule has 21 heavy (non-hydrogen) atoms. The first-order valence-corrected chi connectivity index (χ1v) is 6.30. The Bertz CT molecular complexity index is 684. The second-order valence-electron chi connectivity index (χ2n) is 4.28. The van der Waals surface area contributed by atoms with E-state index >= 15 is 0 Å². The molecule has 2 aromatic rings. The van der Waals surface area contributed by atoms with E-state index in [0.29, 0.717) is 16.9 Å². The quantitative estimate of drug-likeness (QED) is 0.855. The minimum Gasteiger partial charge on any atom is -0.320 e. The van der Waals surface area contributed by atoms with Crippen LogP contribution in [0.2, 0.25) is 0 Å². The van der Waals surface area contributed by atoms with Crippen molar-refractivity contribution in [3.8, 4) is 11.8 Å². The Balaban J connectivity index is 2.17. The van der Waals surface area contributed by atoms with Gasteiger partial charge in [-0.1, -0.05) is 11.8 Å². The van der Waals surface area contributed by atoms with Gasteiger partial charge >= 0.3 is 0 Å². The van der Waals surface area contributed by atoms with Gasteiger partial charge in [-0.05, 0) is 36.4 Å². The van der Waals surface area contributed by atoms with E-state index in [-0.39, 0.29) is 18.3 Å². The predicted molar refractivity (Wildman–Crippen MR) is 79.3 cm³/mol. The molecule has 0 aliphatic carbocycles. The van der Waals surface area contributed by atoms with Gasteiger partial charge in [-0.25, -0.2) is 9.37 Å². The zero-order valence-corrected chi connectivity index (χ0v) is 11.5. The smallest absolute Gasteiger partial charge is 0.276 e. The fourth-order valence-electron chi connectivity index (χ4n) is 1.70. The van der Waals surface area contributed by atoms with Crippen LogP contribution in [0, 0.1) is 17.7 Å². The number of carbonyl (C=O) groups is 1. The topological polar surface area (TPSA) is 59.2 Å². The maximum Gasteiger partial charge on any atom is 0.276 e. The van der Waals surface area contributed by atoms with Crippen molar-refractivity contribution >= 4 is 11.6 Å². The van der Waals surface area contributed by atoms with Crippen LogP contribution >= 0.6 is 0 Å². The normalized spacial score (nSPS) is 9.67. The van der Waals surface area contributed by atoms with Crippen LogP contribution in [0.1, 0.15) is 16.1 Å². The Kier molecular flexibility index (Phi) is 4.64. The Morgan fingerprint density at radius 1 is 1.29 bits per heavy atom. The molecule has 1 heterocycles. The minimum atomic E-state index is -0.347. The van der Waals surface area contributed by atoms with E-state index in [2.05, 4.69) is 16.8 Å². The van der Waals surface area contributed by atoms with Gasteiger partial charge in [0, 0.05) is 24.5 Å². The number of nitrogens with two attached hydrogens (primary N) is 1. The van der Waals surface area contributed by atoms with E-state index in [1.165, 1.54) is 35.4 Å². The molecule has 0 aliphatic rings. The van der Waals surface area contributed by atoms with Gasteiger partial charge in [0.15, 0.2) is 0 Å². The molecule has 1 aromatic carbocycles. The second-order valence-corrected chi connectivity index (χ2v) is 4.28. The Morgan fingerprint density at radius 3 is 2.57 bits per heavy atom. The lowest BCUT2D eigenvalue weighted by atomic mass is 10.2. The number of hydrogen-bond acceptors (Lipinski definition) is 3. The lowest BCUT2D eigenvalue weighted by molar-refractivity contribution is 0.0988. The van der Waals surface area contributed by atoms with Crippen molar-refractivity contribution in [3.63, 3.8) is 0 Å². The third-order valence-electron chi connectivity index (χ3n) is 2.84. The van der Waals surface area contributed by atoms with Crippen LogP contribution in [0.25, 0.3) is 0 Å². The fraction of sp³-hybridized carbons (Fsp3) is 0.125. The SMILES string of the molecule is CN(C(=O)c1ccc(C#CCN)cn1)c1ccc(F)cc1. The largest absolute Gasteiger partial charge is 0.320 e. The van der Waals surface area contributed by atoms with Crippen molar-refractivity contribution in [2.24, 2.45) is 5.73 Å². The van der Waals surface area contributed by atoms with Crippen LogP contribution < -0.4 is 10.6 Å². The zero-order chi connectivity index (χ0) is 15.2. The van der Waals surface area contributed by atoms with E-state index in [0.717, 1.165) is 0 Å². The number of nitrogens with zero attached hydrogens (tertiary/aromatic N) is 2. The summed E-state index contributed by atoms with van der Waals surface area (Å²) in [5.74, 6) is 4.92. The number of hydrogen-bond donors (Lipinski definition) is 1. The van der Waals surface area contributed by atoms with Crippen LogP contribution in [0.3, 0.4) is 0 Å². The van der Waals surface area contributed by atoms with E-state index in [4.69, 9.17) is 5.73 Å². The molecule has 0 saturated carbocycles. The van der Waals surface area contributed by atoms with Gasteiger partial charge in [-0.3, -0.25) is 4.79 Å². The Hall–Kier alpha value is -2.71. The summed E-state index contributed by atoms with van der Waals surface area (Å²) in [6.07, 6.45) is 1.52. The Morgan fingerprint density at radius 2 is 2.00 bits per heavy atom. The van der Waals surface area contributed by atoms with Crippen molar-refractivity contribution in [3.05, 3.63) is 59.7 Å². The number of carbonyl (C=O) groups excluding carboxylic acids is 1.